The Morgan fingerprint density at radius 2 is 1.61 bits per heavy atom. The number of amides is 3. The van der Waals surface area contributed by atoms with E-state index in [1.165, 1.54) is 29.2 Å². The van der Waals surface area contributed by atoms with Crippen LogP contribution in [0.1, 0.15) is 54.1 Å². The molecule has 1 aliphatic heterocycles. The number of benzene rings is 3. The SMILES string of the molecule is CCCCNC(=O)C(Cc1ccccc1)N(Cc1ccc(F)cc1)C(=O)CCCN1C(=O)c2ccccc2S1(=O)=O. The van der Waals surface area contributed by atoms with Gasteiger partial charge in [-0.05, 0) is 48.2 Å². The fourth-order valence-corrected chi connectivity index (χ4v) is 6.42. The van der Waals surface area contributed by atoms with E-state index in [0.717, 1.165) is 22.7 Å². The molecule has 0 radical (unpaired) electrons. The number of halogens is 1. The predicted molar refractivity (Wildman–Crippen MR) is 153 cm³/mol. The van der Waals surface area contributed by atoms with Crippen molar-refractivity contribution in [1.29, 1.82) is 0 Å². The van der Waals surface area contributed by atoms with Gasteiger partial charge in [0.15, 0.2) is 0 Å². The molecule has 3 aromatic rings. The van der Waals surface area contributed by atoms with E-state index in [1.54, 1.807) is 24.3 Å². The summed E-state index contributed by atoms with van der Waals surface area (Å²) in [5.74, 6) is -1.70. The maximum Gasteiger partial charge on any atom is 0.269 e. The van der Waals surface area contributed by atoms with Crippen molar-refractivity contribution in [2.45, 2.75) is 56.5 Å². The van der Waals surface area contributed by atoms with Gasteiger partial charge >= 0.3 is 0 Å². The third kappa shape index (κ3) is 7.18. The monoisotopic (exact) mass is 579 g/mol. The highest BCUT2D eigenvalue weighted by molar-refractivity contribution is 7.90. The van der Waals surface area contributed by atoms with Crippen molar-refractivity contribution < 1.29 is 27.2 Å². The Labute approximate surface area is 240 Å². The van der Waals surface area contributed by atoms with Crippen LogP contribution in [0.3, 0.4) is 0 Å². The number of fused-ring (bicyclic) bond motifs is 1. The summed E-state index contributed by atoms with van der Waals surface area (Å²) in [4.78, 5) is 41.4. The van der Waals surface area contributed by atoms with Gasteiger partial charge in [-0.3, -0.25) is 14.4 Å². The van der Waals surface area contributed by atoms with E-state index in [0.29, 0.717) is 12.1 Å². The Morgan fingerprint density at radius 3 is 2.29 bits per heavy atom. The molecular formula is C31H34FN3O5S. The summed E-state index contributed by atoms with van der Waals surface area (Å²) in [7, 11) is -3.99. The first-order valence-electron chi connectivity index (χ1n) is 13.7. The van der Waals surface area contributed by atoms with Gasteiger partial charge in [0, 0.05) is 32.5 Å². The van der Waals surface area contributed by atoms with E-state index in [2.05, 4.69) is 5.32 Å². The number of carbonyl (C=O) groups excluding carboxylic acids is 3. The molecule has 0 saturated heterocycles. The largest absolute Gasteiger partial charge is 0.354 e. The van der Waals surface area contributed by atoms with Crippen LogP contribution in [-0.2, 0) is 32.6 Å². The van der Waals surface area contributed by atoms with Gasteiger partial charge in [0.05, 0.1) is 5.56 Å². The molecule has 3 amide bonds. The number of unbranched alkanes of at least 4 members (excludes halogenated alkanes) is 1. The standard InChI is InChI=1S/C31H34FN3O5S/c1-2-3-19-33-30(37)27(21-23-10-5-4-6-11-23)34(22-24-15-17-25(32)18-16-24)29(36)14-9-20-35-31(38)26-12-7-8-13-28(26)41(35,39)40/h4-8,10-13,15-18,27H,2-3,9,14,19-22H2,1H3,(H,33,37). The zero-order valence-corrected chi connectivity index (χ0v) is 23.8. The van der Waals surface area contributed by atoms with Crippen molar-refractivity contribution >= 4 is 27.7 Å². The summed E-state index contributed by atoms with van der Waals surface area (Å²) >= 11 is 0. The molecule has 10 heteroatoms. The summed E-state index contributed by atoms with van der Waals surface area (Å²) in [5.41, 5.74) is 1.63. The van der Waals surface area contributed by atoms with Crippen molar-refractivity contribution in [1.82, 2.24) is 14.5 Å². The highest BCUT2D eigenvalue weighted by Crippen LogP contribution is 2.30. The molecule has 0 fully saturated rings. The molecule has 3 aromatic carbocycles. The van der Waals surface area contributed by atoms with Gasteiger partial charge in [-0.2, -0.15) is 0 Å². The van der Waals surface area contributed by atoms with Crippen molar-refractivity contribution in [3.63, 3.8) is 0 Å². The lowest BCUT2D eigenvalue weighted by Gasteiger charge is -2.32. The van der Waals surface area contributed by atoms with Crippen LogP contribution in [0.2, 0.25) is 0 Å². The summed E-state index contributed by atoms with van der Waals surface area (Å²) in [6.45, 7) is 2.37. The molecule has 1 N–H and O–H groups in total. The minimum atomic E-state index is -3.99. The fourth-order valence-electron chi connectivity index (χ4n) is 4.82. The minimum Gasteiger partial charge on any atom is -0.354 e. The zero-order valence-electron chi connectivity index (χ0n) is 23.0. The average molecular weight is 580 g/mol. The van der Waals surface area contributed by atoms with E-state index in [9.17, 15) is 27.2 Å². The van der Waals surface area contributed by atoms with Gasteiger partial charge in [-0.25, -0.2) is 17.1 Å². The highest BCUT2D eigenvalue weighted by atomic mass is 32.2. The molecule has 4 rings (SSSR count). The Morgan fingerprint density at radius 1 is 0.927 bits per heavy atom. The molecule has 0 aliphatic carbocycles. The first-order valence-corrected chi connectivity index (χ1v) is 15.2. The number of carbonyl (C=O) groups is 3. The predicted octanol–water partition coefficient (Wildman–Crippen LogP) is 4.31. The Hall–Kier alpha value is -4.05. The molecule has 1 heterocycles. The zero-order chi connectivity index (χ0) is 29.4. The second-order valence-corrected chi connectivity index (χ2v) is 11.8. The third-order valence-corrected chi connectivity index (χ3v) is 8.87. The molecule has 0 saturated carbocycles. The van der Waals surface area contributed by atoms with Crippen LogP contribution >= 0.6 is 0 Å². The molecule has 1 aliphatic rings. The maximum absolute atomic E-state index is 13.7. The Bertz CT molecular complexity index is 1480. The molecule has 1 unspecified atom stereocenters. The lowest BCUT2D eigenvalue weighted by atomic mass is 10.0. The molecule has 41 heavy (non-hydrogen) atoms. The van der Waals surface area contributed by atoms with E-state index in [4.69, 9.17) is 0 Å². The number of nitrogens with zero attached hydrogens (tertiary/aromatic N) is 2. The number of hydrogen-bond donors (Lipinski definition) is 1. The summed E-state index contributed by atoms with van der Waals surface area (Å²) in [5, 5.41) is 2.94. The van der Waals surface area contributed by atoms with Crippen LogP contribution in [0.25, 0.3) is 0 Å². The highest BCUT2D eigenvalue weighted by Gasteiger charge is 2.40. The van der Waals surface area contributed by atoms with Crippen LogP contribution in [0.15, 0.2) is 83.8 Å². The number of sulfonamides is 1. The van der Waals surface area contributed by atoms with E-state index in [-0.39, 0.29) is 54.6 Å². The van der Waals surface area contributed by atoms with Gasteiger partial charge in [-0.1, -0.05) is 67.9 Å². The van der Waals surface area contributed by atoms with E-state index >= 15 is 0 Å². The molecular weight excluding hydrogens is 545 g/mol. The van der Waals surface area contributed by atoms with Crippen LogP contribution in [-0.4, -0.2) is 54.5 Å². The molecule has 8 nitrogen and oxygen atoms in total. The molecule has 0 bridgehead atoms. The summed E-state index contributed by atoms with van der Waals surface area (Å²) in [6.07, 6.45) is 1.93. The molecule has 0 aromatic heterocycles. The number of rotatable bonds is 13. The lowest BCUT2D eigenvalue weighted by molar-refractivity contribution is -0.141. The Balaban J connectivity index is 1.55. The van der Waals surface area contributed by atoms with Gasteiger partial charge in [-0.15, -0.1) is 0 Å². The van der Waals surface area contributed by atoms with Crippen molar-refractivity contribution in [2.24, 2.45) is 0 Å². The summed E-state index contributed by atoms with van der Waals surface area (Å²) < 4.78 is 40.3. The number of nitrogens with one attached hydrogen (secondary N) is 1. The van der Waals surface area contributed by atoms with Crippen molar-refractivity contribution in [3.05, 3.63) is 101 Å². The quantitative estimate of drug-likeness (QED) is 0.304. The average Bonchev–Trinajstić information content (AvgIpc) is 3.17. The second-order valence-electron chi connectivity index (χ2n) is 9.98. The van der Waals surface area contributed by atoms with Crippen LogP contribution in [0, 0.1) is 5.82 Å². The van der Waals surface area contributed by atoms with Crippen LogP contribution in [0.4, 0.5) is 4.39 Å². The molecule has 1 atom stereocenters. The Kier molecular flexibility index (Phi) is 9.88. The van der Waals surface area contributed by atoms with E-state index in [1.807, 2.05) is 37.3 Å². The normalized spacial score (nSPS) is 14.4. The van der Waals surface area contributed by atoms with Gasteiger partial charge in [0.25, 0.3) is 15.9 Å². The first kappa shape index (κ1) is 29.9. The van der Waals surface area contributed by atoms with Gasteiger partial charge in [0.1, 0.15) is 16.8 Å². The van der Waals surface area contributed by atoms with Gasteiger partial charge < -0.3 is 10.2 Å². The smallest absolute Gasteiger partial charge is 0.269 e. The van der Waals surface area contributed by atoms with Crippen molar-refractivity contribution in [2.75, 3.05) is 13.1 Å². The minimum absolute atomic E-state index is 0.0408. The van der Waals surface area contributed by atoms with Crippen LogP contribution in [0.5, 0.6) is 0 Å². The molecule has 0 spiro atoms. The topological polar surface area (TPSA) is 104 Å². The second kappa shape index (κ2) is 13.5. The molecule has 216 valence electrons. The third-order valence-electron chi connectivity index (χ3n) is 7.03. The first-order chi connectivity index (χ1) is 19.7. The lowest BCUT2D eigenvalue weighted by Crippen LogP contribution is -2.50. The summed E-state index contributed by atoms with van der Waals surface area (Å²) in [6, 6.07) is 20.3. The maximum atomic E-state index is 13.7. The fraction of sp³-hybridized carbons (Fsp3) is 0.323. The van der Waals surface area contributed by atoms with Crippen molar-refractivity contribution in [3.8, 4) is 0 Å². The number of hydrogen-bond acceptors (Lipinski definition) is 5. The van der Waals surface area contributed by atoms with Gasteiger partial charge in [0.2, 0.25) is 11.8 Å². The van der Waals surface area contributed by atoms with E-state index < -0.39 is 27.8 Å². The van der Waals surface area contributed by atoms with Crippen LogP contribution < -0.4 is 5.32 Å².